The summed E-state index contributed by atoms with van der Waals surface area (Å²) in [4.78, 5) is 0. The lowest BCUT2D eigenvalue weighted by Gasteiger charge is -2.25. The monoisotopic (exact) mass is 262 g/mol. The molecular formula is C11H18O5S. The third kappa shape index (κ3) is 4.39. The van der Waals surface area contributed by atoms with Crippen LogP contribution >= 0.6 is 0 Å². The Bertz CT molecular complexity index is 369. The summed E-state index contributed by atoms with van der Waals surface area (Å²) < 4.78 is 38.0. The predicted octanol–water partition coefficient (Wildman–Crippen LogP) is 1.20. The first-order valence-electron chi connectivity index (χ1n) is 5.86. The molecule has 2 aliphatic rings. The Morgan fingerprint density at radius 3 is 2.65 bits per heavy atom. The van der Waals surface area contributed by atoms with Crippen LogP contribution in [0.15, 0.2) is 12.2 Å². The molecule has 0 saturated carbocycles. The molecular weight excluding hydrogens is 244 g/mol. The van der Waals surface area contributed by atoms with Crippen molar-refractivity contribution in [2.45, 2.75) is 44.2 Å². The summed E-state index contributed by atoms with van der Waals surface area (Å²) in [5, 5.41) is 0. The Morgan fingerprint density at radius 2 is 2.00 bits per heavy atom. The van der Waals surface area contributed by atoms with Gasteiger partial charge in [0.25, 0.3) is 10.1 Å². The van der Waals surface area contributed by atoms with Crippen molar-refractivity contribution in [2.75, 3.05) is 12.9 Å². The van der Waals surface area contributed by atoms with Crippen molar-refractivity contribution in [1.29, 1.82) is 0 Å². The minimum Gasteiger partial charge on any atom is -0.353 e. The molecule has 98 valence electrons. The molecule has 0 spiro atoms. The second kappa shape index (κ2) is 5.48. The summed E-state index contributed by atoms with van der Waals surface area (Å²) in [6.07, 6.45) is 7.60. The Kier molecular flexibility index (Phi) is 4.19. The van der Waals surface area contributed by atoms with Gasteiger partial charge in [-0.15, -0.1) is 0 Å². The molecule has 6 heteroatoms. The first-order valence-corrected chi connectivity index (χ1v) is 7.68. The standard InChI is InChI=1S/C11H18O5S/c1-17(12,13)16-10-6-5-9(8-10)15-11-4-2-3-7-14-11/h5-6,9-11H,2-4,7-8H2,1H3/t9-,10+,11?/m1/s1. The van der Waals surface area contributed by atoms with Gasteiger partial charge < -0.3 is 9.47 Å². The zero-order valence-electron chi connectivity index (χ0n) is 9.87. The van der Waals surface area contributed by atoms with Gasteiger partial charge in [-0.05, 0) is 19.3 Å². The van der Waals surface area contributed by atoms with Crippen LogP contribution in [0, 0.1) is 0 Å². The van der Waals surface area contributed by atoms with Gasteiger partial charge in [-0.3, -0.25) is 4.18 Å². The van der Waals surface area contributed by atoms with Crippen molar-refractivity contribution in [3.63, 3.8) is 0 Å². The van der Waals surface area contributed by atoms with E-state index in [1.807, 2.05) is 6.08 Å². The molecule has 2 rings (SSSR count). The molecule has 0 aromatic heterocycles. The van der Waals surface area contributed by atoms with E-state index in [0.29, 0.717) is 6.42 Å². The molecule has 3 atom stereocenters. The molecule has 0 aromatic rings. The van der Waals surface area contributed by atoms with E-state index in [-0.39, 0.29) is 12.4 Å². The highest BCUT2D eigenvalue weighted by Gasteiger charge is 2.26. The van der Waals surface area contributed by atoms with Gasteiger partial charge in [-0.2, -0.15) is 8.42 Å². The van der Waals surface area contributed by atoms with Crippen molar-refractivity contribution in [2.24, 2.45) is 0 Å². The molecule has 1 heterocycles. The molecule has 1 unspecified atom stereocenters. The van der Waals surface area contributed by atoms with Gasteiger partial charge >= 0.3 is 0 Å². The first kappa shape index (κ1) is 13.0. The number of ether oxygens (including phenoxy) is 2. The highest BCUT2D eigenvalue weighted by molar-refractivity contribution is 7.86. The number of hydrogen-bond acceptors (Lipinski definition) is 5. The van der Waals surface area contributed by atoms with Crippen LogP contribution < -0.4 is 0 Å². The molecule has 0 N–H and O–H groups in total. The molecule has 0 amide bonds. The second-order valence-corrected chi connectivity index (χ2v) is 6.03. The van der Waals surface area contributed by atoms with Crippen LogP contribution in [-0.4, -0.2) is 39.8 Å². The summed E-state index contributed by atoms with van der Waals surface area (Å²) in [7, 11) is -3.40. The first-order chi connectivity index (χ1) is 8.03. The maximum Gasteiger partial charge on any atom is 0.264 e. The van der Waals surface area contributed by atoms with Gasteiger partial charge in [-0.25, -0.2) is 0 Å². The Labute approximate surface area is 102 Å². The second-order valence-electron chi connectivity index (χ2n) is 4.43. The molecule has 5 nitrogen and oxygen atoms in total. The van der Waals surface area contributed by atoms with E-state index >= 15 is 0 Å². The van der Waals surface area contributed by atoms with Gasteiger partial charge in [0.15, 0.2) is 6.29 Å². The average Bonchev–Trinajstić information content (AvgIpc) is 2.64. The highest BCUT2D eigenvalue weighted by atomic mass is 32.2. The van der Waals surface area contributed by atoms with Crippen molar-refractivity contribution < 1.29 is 22.1 Å². The lowest BCUT2D eigenvalue weighted by atomic mass is 10.2. The SMILES string of the molecule is CS(=O)(=O)O[C@H]1C=C[C@@H](OC2CCCCO2)C1. The van der Waals surface area contributed by atoms with Crippen LogP contribution in [0.5, 0.6) is 0 Å². The fourth-order valence-corrected chi connectivity index (χ4v) is 2.64. The largest absolute Gasteiger partial charge is 0.353 e. The fraction of sp³-hybridized carbons (Fsp3) is 0.818. The van der Waals surface area contributed by atoms with Gasteiger partial charge in [-0.1, -0.05) is 12.2 Å². The van der Waals surface area contributed by atoms with E-state index in [1.54, 1.807) is 6.08 Å². The fourth-order valence-electron chi connectivity index (χ4n) is 2.04. The van der Waals surface area contributed by atoms with Gasteiger partial charge in [0, 0.05) is 13.0 Å². The third-order valence-corrected chi connectivity index (χ3v) is 3.36. The molecule has 17 heavy (non-hydrogen) atoms. The van der Waals surface area contributed by atoms with E-state index < -0.39 is 16.2 Å². The van der Waals surface area contributed by atoms with Crippen molar-refractivity contribution in [3.05, 3.63) is 12.2 Å². The molecule has 0 radical (unpaired) electrons. The zero-order valence-corrected chi connectivity index (χ0v) is 10.7. The Morgan fingerprint density at radius 1 is 1.24 bits per heavy atom. The molecule has 1 saturated heterocycles. The molecule has 1 aliphatic carbocycles. The minimum absolute atomic E-state index is 0.107. The van der Waals surface area contributed by atoms with E-state index in [9.17, 15) is 8.42 Å². The maximum absolute atomic E-state index is 11.0. The third-order valence-electron chi connectivity index (χ3n) is 2.77. The lowest BCUT2D eigenvalue weighted by molar-refractivity contribution is -0.179. The van der Waals surface area contributed by atoms with Gasteiger partial charge in [0.05, 0.1) is 18.5 Å². The zero-order chi connectivity index (χ0) is 12.3. The van der Waals surface area contributed by atoms with Gasteiger partial charge in [0.1, 0.15) is 0 Å². The van der Waals surface area contributed by atoms with E-state index in [1.165, 1.54) is 0 Å². The number of hydrogen-bond donors (Lipinski definition) is 0. The van der Waals surface area contributed by atoms with E-state index in [2.05, 4.69) is 0 Å². The topological polar surface area (TPSA) is 61.8 Å². The van der Waals surface area contributed by atoms with Crippen molar-refractivity contribution in [3.8, 4) is 0 Å². The Balaban J connectivity index is 1.76. The molecule has 0 aromatic carbocycles. The summed E-state index contributed by atoms with van der Waals surface area (Å²) in [5.74, 6) is 0. The molecule has 1 fully saturated rings. The Hall–Kier alpha value is -0.430. The normalized spacial score (nSPS) is 34.1. The van der Waals surface area contributed by atoms with Crippen molar-refractivity contribution >= 4 is 10.1 Å². The molecule has 1 aliphatic heterocycles. The van der Waals surface area contributed by atoms with Crippen LogP contribution in [0.4, 0.5) is 0 Å². The predicted molar refractivity (Wildman–Crippen MR) is 61.9 cm³/mol. The highest BCUT2D eigenvalue weighted by Crippen LogP contribution is 2.23. The van der Waals surface area contributed by atoms with Crippen LogP contribution in [0.25, 0.3) is 0 Å². The van der Waals surface area contributed by atoms with Crippen LogP contribution in [-0.2, 0) is 23.8 Å². The minimum atomic E-state index is -3.40. The van der Waals surface area contributed by atoms with Gasteiger partial charge in [0.2, 0.25) is 0 Å². The van der Waals surface area contributed by atoms with Crippen molar-refractivity contribution in [1.82, 2.24) is 0 Å². The van der Waals surface area contributed by atoms with E-state index in [4.69, 9.17) is 13.7 Å². The summed E-state index contributed by atoms with van der Waals surface area (Å²) >= 11 is 0. The summed E-state index contributed by atoms with van der Waals surface area (Å²) in [5.41, 5.74) is 0. The summed E-state index contributed by atoms with van der Waals surface area (Å²) in [6.45, 7) is 0.740. The smallest absolute Gasteiger partial charge is 0.264 e. The van der Waals surface area contributed by atoms with Crippen LogP contribution in [0.3, 0.4) is 0 Å². The maximum atomic E-state index is 11.0. The summed E-state index contributed by atoms with van der Waals surface area (Å²) in [6, 6.07) is 0. The van der Waals surface area contributed by atoms with Crippen LogP contribution in [0.1, 0.15) is 25.7 Å². The lowest BCUT2D eigenvalue weighted by Crippen LogP contribution is -2.27. The molecule has 0 bridgehead atoms. The van der Waals surface area contributed by atoms with E-state index in [0.717, 1.165) is 32.1 Å². The number of rotatable bonds is 4. The van der Waals surface area contributed by atoms with Crippen LogP contribution in [0.2, 0.25) is 0 Å². The average molecular weight is 262 g/mol. The quantitative estimate of drug-likeness (QED) is 0.563.